The lowest BCUT2D eigenvalue weighted by molar-refractivity contribution is -0.146. The highest BCUT2D eigenvalue weighted by molar-refractivity contribution is 6.66. The Morgan fingerprint density at radius 2 is 1.72 bits per heavy atom. The molecule has 1 aromatic rings. The second kappa shape index (κ2) is 4.56. The molecule has 0 radical (unpaired) electrons. The lowest BCUT2D eigenvalue weighted by Crippen LogP contribution is -2.39. The number of hydrogen-bond donors (Lipinski definition) is 2. The standard InChI is InChI=1S/C8H8Cl3N3O4/c1-7(2,6(17)18)14-4(8(9,10)11)3(5(15)16)12-13-14/h1-2H3,(H,15,16)(H,17,18). The number of alkyl halides is 3. The van der Waals surface area contributed by atoms with Gasteiger partial charge in [-0.1, -0.05) is 40.0 Å². The van der Waals surface area contributed by atoms with Crippen molar-refractivity contribution in [1.82, 2.24) is 15.0 Å². The highest BCUT2D eigenvalue weighted by Gasteiger charge is 2.42. The summed E-state index contributed by atoms with van der Waals surface area (Å²) in [5.41, 5.74) is -2.63. The van der Waals surface area contributed by atoms with Crippen molar-refractivity contribution in [1.29, 1.82) is 0 Å². The maximum atomic E-state index is 11.1. The highest BCUT2D eigenvalue weighted by Crippen LogP contribution is 2.41. The molecular weight excluding hydrogens is 308 g/mol. The molecule has 0 amide bonds. The van der Waals surface area contributed by atoms with Crippen molar-refractivity contribution >= 4 is 46.7 Å². The van der Waals surface area contributed by atoms with Crippen LogP contribution >= 0.6 is 34.8 Å². The summed E-state index contributed by atoms with van der Waals surface area (Å²) in [5, 5.41) is 24.8. The quantitative estimate of drug-likeness (QED) is 0.821. The molecule has 0 fully saturated rings. The molecule has 0 saturated heterocycles. The number of rotatable bonds is 3. The lowest BCUT2D eigenvalue weighted by Gasteiger charge is -2.24. The maximum absolute atomic E-state index is 11.1. The molecule has 0 aliphatic heterocycles. The number of halogens is 3. The second-order valence-corrected chi connectivity index (χ2v) is 6.15. The van der Waals surface area contributed by atoms with Crippen LogP contribution in [0.4, 0.5) is 0 Å². The van der Waals surface area contributed by atoms with Crippen molar-refractivity contribution in [3.8, 4) is 0 Å². The molecule has 0 aliphatic carbocycles. The maximum Gasteiger partial charge on any atom is 0.358 e. The smallest absolute Gasteiger partial charge is 0.358 e. The van der Waals surface area contributed by atoms with Gasteiger partial charge in [-0.3, -0.25) is 0 Å². The van der Waals surface area contributed by atoms with Crippen molar-refractivity contribution in [2.45, 2.75) is 23.2 Å². The van der Waals surface area contributed by atoms with E-state index in [2.05, 4.69) is 10.3 Å². The summed E-state index contributed by atoms with van der Waals surface area (Å²) in [4.78, 5) is 22.1. The van der Waals surface area contributed by atoms with Gasteiger partial charge in [-0.05, 0) is 13.8 Å². The van der Waals surface area contributed by atoms with Crippen molar-refractivity contribution in [2.75, 3.05) is 0 Å². The zero-order valence-electron chi connectivity index (χ0n) is 9.19. The van der Waals surface area contributed by atoms with Crippen LogP contribution in [-0.4, -0.2) is 37.1 Å². The second-order valence-electron chi connectivity index (χ2n) is 3.87. The van der Waals surface area contributed by atoms with Gasteiger partial charge >= 0.3 is 11.9 Å². The van der Waals surface area contributed by atoms with Crippen LogP contribution < -0.4 is 0 Å². The number of aliphatic carboxylic acids is 1. The van der Waals surface area contributed by atoms with Crippen LogP contribution in [0.5, 0.6) is 0 Å². The van der Waals surface area contributed by atoms with Crippen molar-refractivity contribution in [3.05, 3.63) is 11.4 Å². The number of nitrogens with zero attached hydrogens (tertiary/aromatic N) is 3. The van der Waals surface area contributed by atoms with Gasteiger partial charge in [0.05, 0.1) is 0 Å². The summed E-state index contributed by atoms with van der Waals surface area (Å²) in [6, 6.07) is 0. The summed E-state index contributed by atoms with van der Waals surface area (Å²) in [5.74, 6) is -2.75. The Kier molecular flexibility index (Phi) is 3.81. The molecule has 0 bridgehead atoms. The Bertz CT molecular complexity index is 506. The summed E-state index contributed by atoms with van der Waals surface area (Å²) in [6.45, 7) is 2.55. The van der Waals surface area contributed by atoms with E-state index in [4.69, 9.17) is 45.0 Å². The van der Waals surface area contributed by atoms with Gasteiger partial charge in [0.1, 0.15) is 5.69 Å². The van der Waals surface area contributed by atoms with Crippen LogP contribution in [-0.2, 0) is 14.1 Å². The largest absolute Gasteiger partial charge is 0.479 e. The number of carbonyl (C=O) groups is 2. The highest BCUT2D eigenvalue weighted by atomic mass is 35.6. The monoisotopic (exact) mass is 315 g/mol. The molecule has 1 rings (SSSR count). The molecule has 0 saturated carbocycles. The molecule has 0 atom stereocenters. The molecular formula is C8H8Cl3N3O4. The van der Waals surface area contributed by atoms with Crippen LogP contribution in [0, 0.1) is 0 Å². The predicted molar refractivity (Wildman–Crippen MR) is 63.2 cm³/mol. The van der Waals surface area contributed by atoms with Gasteiger partial charge in [-0.15, -0.1) is 5.10 Å². The topological polar surface area (TPSA) is 105 Å². The first-order valence-electron chi connectivity index (χ1n) is 4.49. The van der Waals surface area contributed by atoms with E-state index in [0.29, 0.717) is 0 Å². The van der Waals surface area contributed by atoms with Crippen LogP contribution in [0.3, 0.4) is 0 Å². The Hall–Kier alpha value is -1.05. The summed E-state index contributed by atoms with van der Waals surface area (Å²) in [6.07, 6.45) is 0. The Morgan fingerprint density at radius 1 is 1.22 bits per heavy atom. The Morgan fingerprint density at radius 3 is 2.06 bits per heavy atom. The van der Waals surface area contributed by atoms with Gasteiger partial charge in [0, 0.05) is 0 Å². The van der Waals surface area contributed by atoms with E-state index >= 15 is 0 Å². The van der Waals surface area contributed by atoms with Crippen LogP contribution in [0.1, 0.15) is 30.0 Å². The number of aromatic carboxylic acids is 1. The Balaban J connectivity index is 3.58. The van der Waals surface area contributed by atoms with E-state index in [9.17, 15) is 9.59 Å². The minimum atomic E-state index is -2.16. The van der Waals surface area contributed by atoms with Gasteiger partial charge in [-0.25, -0.2) is 14.3 Å². The fraction of sp³-hybridized carbons (Fsp3) is 0.500. The van der Waals surface area contributed by atoms with E-state index in [0.717, 1.165) is 4.68 Å². The molecule has 1 heterocycles. The third kappa shape index (κ3) is 2.52. The lowest BCUT2D eigenvalue weighted by atomic mass is 10.1. The molecule has 1 aromatic heterocycles. The molecule has 0 spiro atoms. The van der Waals surface area contributed by atoms with Crippen LogP contribution in [0.25, 0.3) is 0 Å². The molecule has 0 aliphatic rings. The minimum Gasteiger partial charge on any atom is -0.479 e. The van der Waals surface area contributed by atoms with E-state index < -0.39 is 32.7 Å². The zero-order valence-corrected chi connectivity index (χ0v) is 11.5. The summed E-state index contributed by atoms with van der Waals surface area (Å²) >= 11 is 16.9. The van der Waals surface area contributed by atoms with E-state index in [-0.39, 0.29) is 0 Å². The zero-order chi connectivity index (χ0) is 14.3. The minimum absolute atomic E-state index is 0.410. The average molecular weight is 317 g/mol. The fourth-order valence-corrected chi connectivity index (χ4v) is 1.67. The van der Waals surface area contributed by atoms with Crippen molar-refractivity contribution in [3.63, 3.8) is 0 Å². The van der Waals surface area contributed by atoms with Crippen molar-refractivity contribution in [2.24, 2.45) is 0 Å². The molecule has 0 unspecified atom stereocenters. The molecule has 7 nitrogen and oxygen atoms in total. The average Bonchev–Trinajstić information content (AvgIpc) is 2.60. The van der Waals surface area contributed by atoms with Gasteiger partial charge in [0.2, 0.25) is 3.79 Å². The number of carboxylic acid groups (broad SMARTS) is 2. The summed E-state index contributed by atoms with van der Waals surface area (Å²) < 4.78 is -1.39. The molecule has 100 valence electrons. The Labute approximate surface area is 116 Å². The first-order chi connectivity index (χ1) is 7.99. The fourth-order valence-electron chi connectivity index (χ4n) is 1.16. The SMILES string of the molecule is CC(C)(C(=O)O)n1nnc(C(=O)O)c1C(Cl)(Cl)Cl. The number of hydrogen-bond acceptors (Lipinski definition) is 4. The van der Waals surface area contributed by atoms with E-state index in [1.807, 2.05) is 0 Å². The predicted octanol–water partition coefficient (Wildman–Crippen LogP) is 1.62. The molecule has 2 N–H and O–H groups in total. The van der Waals surface area contributed by atoms with Gasteiger partial charge in [0.25, 0.3) is 0 Å². The van der Waals surface area contributed by atoms with Crippen molar-refractivity contribution < 1.29 is 19.8 Å². The first-order valence-corrected chi connectivity index (χ1v) is 5.63. The first kappa shape index (κ1) is 15.0. The van der Waals surface area contributed by atoms with Gasteiger partial charge in [0.15, 0.2) is 11.2 Å². The number of carboxylic acids is 2. The molecule has 0 aromatic carbocycles. The molecule has 10 heteroatoms. The summed E-state index contributed by atoms with van der Waals surface area (Å²) in [7, 11) is 0. The van der Waals surface area contributed by atoms with E-state index in [1.54, 1.807) is 0 Å². The van der Waals surface area contributed by atoms with E-state index in [1.165, 1.54) is 13.8 Å². The van der Waals surface area contributed by atoms with Crippen LogP contribution in [0.15, 0.2) is 0 Å². The third-order valence-corrected chi connectivity index (χ3v) is 2.73. The van der Waals surface area contributed by atoms with Crippen LogP contribution in [0.2, 0.25) is 0 Å². The normalized spacial score (nSPS) is 12.5. The van der Waals surface area contributed by atoms with Gasteiger partial charge in [-0.2, -0.15) is 0 Å². The van der Waals surface area contributed by atoms with Gasteiger partial charge < -0.3 is 10.2 Å². The third-order valence-electron chi connectivity index (χ3n) is 2.19. The molecule has 18 heavy (non-hydrogen) atoms. The number of aromatic nitrogens is 3.